The number of hydrogen-bond acceptors (Lipinski definition) is 3. The van der Waals surface area contributed by atoms with Gasteiger partial charge in [-0.2, -0.15) is 0 Å². The van der Waals surface area contributed by atoms with Crippen molar-refractivity contribution < 1.29 is 14.7 Å². The molecule has 20 heavy (non-hydrogen) atoms. The first kappa shape index (κ1) is 16.2. The van der Waals surface area contributed by atoms with E-state index in [1.165, 1.54) is 0 Å². The number of carbonyl (C=O) groups is 2. The number of rotatable bonds is 7. The molecule has 1 aromatic rings. The summed E-state index contributed by atoms with van der Waals surface area (Å²) in [4.78, 5) is 24.7. The highest BCUT2D eigenvalue weighted by atomic mass is 16.4. The van der Waals surface area contributed by atoms with E-state index in [1.54, 1.807) is 4.90 Å². The molecule has 1 aromatic carbocycles. The van der Waals surface area contributed by atoms with Crippen LogP contribution in [0.4, 0.5) is 5.69 Å². The number of para-hydroxylation sites is 1. The number of anilines is 1. The molecule has 1 unspecified atom stereocenters. The van der Waals surface area contributed by atoms with Gasteiger partial charge >= 0.3 is 5.97 Å². The number of carboxylic acids is 1. The van der Waals surface area contributed by atoms with E-state index < -0.39 is 5.97 Å². The number of hydrogen-bond donors (Lipinski definition) is 2. The predicted molar refractivity (Wildman–Crippen MR) is 78.6 cm³/mol. The van der Waals surface area contributed by atoms with E-state index >= 15 is 0 Å². The number of carbonyl (C=O) groups excluding carboxylic acids is 1. The molecule has 0 heterocycles. The Hall–Kier alpha value is -1.88. The Morgan fingerprint density at radius 1 is 1.35 bits per heavy atom. The topological polar surface area (TPSA) is 83.6 Å². The fourth-order valence-electron chi connectivity index (χ4n) is 1.94. The number of nitrogens with two attached hydrogens (primary N) is 1. The number of aryl methyl sites for hydroxylation is 1. The maximum absolute atomic E-state index is 12.4. The molecular formula is C15H22N2O3. The molecule has 0 saturated carbocycles. The van der Waals surface area contributed by atoms with Crippen LogP contribution in [0.15, 0.2) is 24.3 Å². The average molecular weight is 278 g/mol. The molecule has 0 bridgehead atoms. The summed E-state index contributed by atoms with van der Waals surface area (Å²) in [6.45, 7) is 4.43. The van der Waals surface area contributed by atoms with Gasteiger partial charge in [0.25, 0.3) is 0 Å². The van der Waals surface area contributed by atoms with Crippen LogP contribution in [0.5, 0.6) is 0 Å². The van der Waals surface area contributed by atoms with E-state index in [0.29, 0.717) is 13.0 Å². The number of nitrogens with zero attached hydrogens (tertiary/aromatic N) is 1. The van der Waals surface area contributed by atoms with E-state index in [-0.39, 0.29) is 24.8 Å². The Morgan fingerprint density at radius 3 is 2.55 bits per heavy atom. The molecule has 0 aliphatic heterocycles. The van der Waals surface area contributed by atoms with Crippen LogP contribution in [0.3, 0.4) is 0 Å². The third kappa shape index (κ3) is 4.66. The average Bonchev–Trinajstić information content (AvgIpc) is 2.40. The Morgan fingerprint density at radius 2 is 2.00 bits per heavy atom. The standard InChI is InChI=1S/C15H22N2O3/c1-11(10-16)9-14(18)17(8-7-15(19)20)13-6-4-3-5-12(13)2/h3-6,11H,7-10,16H2,1-2H3,(H,19,20). The van der Waals surface area contributed by atoms with Crippen LogP contribution in [0.25, 0.3) is 0 Å². The van der Waals surface area contributed by atoms with Gasteiger partial charge in [0.05, 0.1) is 6.42 Å². The minimum absolute atomic E-state index is 0.0723. The molecule has 1 rings (SSSR count). The van der Waals surface area contributed by atoms with Crippen molar-refractivity contribution in [3.8, 4) is 0 Å². The molecule has 0 fully saturated rings. The monoisotopic (exact) mass is 278 g/mol. The maximum atomic E-state index is 12.4. The lowest BCUT2D eigenvalue weighted by molar-refractivity contribution is -0.136. The van der Waals surface area contributed by atoms with Crippen LogP contribution < -0.4 is 10.6 Å². The van der Waals surface area contributed by atoms with Crippen molar-refractivity contribution in [1.29, 1.82) is 0 Å². The SMILES string of the molecule is Cc1ccccc1N(CCC(=O)O)C(=O)CC(C)CN. The van der Waals surface area contributed by atoms with Crippen LogP contribution in [-0.2, 0) is 9.59 Å². The Bertz CT molecular complexity index is 474. The maximum Gasteiger partial charge on any atom is 0.305 e. The lowest BCUT2D eigenvalue weighted by Crippen LogP contribution is -2.35. The summed E-state index contributed by atoms with van der Waals surface area (Å²) in [5.41, 5.74) is 7.26. The molecule has 0 saturated heterocycles. The van der Waals surface area contributed by atoms with Gasteiger partial charge in [-0.3, -0.25) is 9.59 Å². The van der Waals surface area contributed by atoms with Crippen LogP contribution in [0, 0.1) is 12.8 Å². The molecule has 0 spiro atoms. The third-order valence-electron chi connectivity index (χ3n) is 3.18. The summed E-state index contributed by atoms with van der Waals surface area (Å²) >= 11 is 0. The Kier molecular flexibility index (Phi) is 6.18. The van der Waals surface area contributed by atoms with Crippen molar-refractivity contribution in [3.05, 3.63) is 29.8 Å². The smallest absolute Gasteiger partial charge is 0.305 e. The van der Waals surface area contributed by atoms with E-state index in [1.807, 2.05) is 38.1 Å². The van der Waals surface area contributed by atoms with Crippen molar-refractivity contribution in [3.63, 3.8) is 0 Å². The molecule has 110 valence electrons. The highest BCUT2D eigenvalue weighted by molar-refractivity contribution is 5.94. The summed E-state index contributed by atoms with van der Waals surface area (Å²) in [6, 6.07) is 7.47. The van der Waals surface area contributed by atoms with Gasteiger partial charge in [-0.05, 0) is 31.0 Å². The molecule has 0 radical (unpaired) electrons. The van der Waals surface area contributed by atoms with Gasteiger partial charge in [0.2, 0.25) is 5.91 Å². The third-order valence-corrected chi connectivity index (χ3v) is 3.18. The quantitative estimate of drug-likeness (QED) is 0.796. The van der Waals surface area contributed by atoms with Crippen molar-refractivity contribution in [2.75, 3.05) is 18.0 Å². The minimum atomic E-state index is -0.914. The largest absolute Gasteiger partial charge is 0.481 e. The zero-order valence-electron chi connectivity index (χ0n) is 12.0. The van der Waals surface area contributed by atoms with Gasteiger partial charge in [-0.1, -0.05) is 25.1 Å². The van der Waals surface area contributed by atoms with E-state index in [9.17, 15) is 9.59 Å². The van der Waals surface area contributed by atoms with E-state index in [4.69, 9.17) is 10.8 Å². The summed E-state index contributed by atoms with van der Waals surface area (Å²) in [6.07, 6.45) is 0.252. The fraction of sp³-hybridized carbons (Fsp3) is 0.467. The van der Waals surface area contributed by atoms with Gasteiger partial charge in [-0.15, -0.1) is 0 Å². The van der Waals surface area contributed by atoms with Crippen LogP contribution in [-0.4, -0.2) is 30.1 Å². The lowest BCUT2D eigenvalue weighted by Gasteiger charge is -2.25. The number of aliphatic carboxylic acids is 1. The van der Waals surface area contributed by atoms with Crippen LogP contribution in [0.2, 0.25) is 0 Å². The van der Waals surface area contributed by atoms with E-state index in [0.717, 1.165) is 11.3 Å². The highest BCUT2D eigenvalue weighted by Crippen LogP contribution is 2.21. The molecular weight excluding hydrogens is 256 g/mol. The molecule has 0 aromatic heterocycles. The van der Waals surface area contributed by atoms with Gasteiger partial charge in [0.1, 0.15) is 0 Å². The van der Waals surface area contributed by atoms with Crippen molar-refractivity contribution in [2.24, 2.45) is 11.7 Å². The summed E-state index contributed by atoms with van der Waals surface area (Å²) in [7, 11) is 0. The first-order valence-electron chi connectivity index (χ1n) is 6.73. The molecule has 0 aliphatic rings. The minimum Gasteiger partial charge on any atom is -0.481 e. The Labute approximate surface area is 119 Å². The second-order valence-electron chi connectivity index (χ2n) is 5.02. The van der Waals surface area contributed by atoms with Crippen LogP contribution >= 0.6 is 0 Å². The van der Waals surface area contributed by atoms with Crippen molar-refractivity contribution in [2.45, 2.75) is 26.7 Å². The zero-order chi connectivity index (χ0) is 15.1. The van der Waals surface area contributed by atoms with Crippen molar-refractivity contribution in [1.82, 2.24) is 0 Å². The predicted octanol–water partition coefficient (Wildman–Crippen LogP) is 1.79. The van der Waals surface area contributed by atoms with Crippen LogP contribution in [0.1, 0.15) is 25.3 Å². The number of carboxylic acid groups (broad SMARTS) is 1. The Balaban J connectivity index is 2.93. The fourth-order valence-corrected chi connectivity index (χ4v) is 1.94. The number of benzene rings is 1. The molecule has 5 heteroatoms. The molecule has 1 atom stereocenters. The normalized spacial score (nSPS) is 11.9. The molecule has 3 N–H and O–H groups in total. The zero-order valence-corrected chi connectivity index (χ0v) is 12.0. The second-order valence-corrected chi connectivity index (χ2v) is 5.02. The first-order valence-corrected chi connectivity index (χ1v) is 6.73. The molecule has 1 amide bonds. The lowest BCUT2D eigenvalue weighted by atomic mass is 10.1. The first-order chi connectivity index (χ1) is 9.45. The second kappa shape index (κ2) is 7.65. The van der Waals surface area contributed by atoms with E-state index in [2.05, 4.69) is 0 Å². The summed E-state index contributed by atoms with van der Waals surface area (Å²) in [5, 5.41) is 8.83. The van der Waals surface area contributed by atoms with Gasteiger partial charge in [0.15, 0.2) is 0 Å². The van der Waals surface area contributed by atoms with Gasteiger partial charge in [-0.25, -0.2) is 0 Å². The van der Waals surface area contributed by atoms with Gasteiger partial charge in [0, 0.05) is 18.7 Å². The summed E-state index contributed by atoms with van der Waals surface area (Å²) in [5.74, 6) is -0.916. The van der Waals surface area contributed by atoms with Crippen molar-refractivity contribution >= 4 is 17.6 Å². The summed E-state index contributed by atoms with van der Waals surface area (Å²) < 4.78 is 0. The highest BCUT2D eigenvalue weighted by Gasteiger charge is 2.19. The molecule has 0 aliphatic carbocycles. The van der Waals surface area contributed by atoms with Gasteiger partial charge < -0.3 is 15.7 Å². The number of amides is 1. The molecule has 5 nitrogen and oxygen atoms in total.